The van der Waals surface area contributed by atoms with Crippen molar-refractivity contribution >= 4 is 43.5 Å². The Morgan fingerprint density at radius 3 is 2.74 bits per heavy atom. The zero-order chi connectivity index (χ0) is 14.0. The van der Waals surface area contributed by atoms with Gasteiger partial charge in [-0.25, -0.2) is 0 Å². The Balaban J connectivity index is 2.47. The first-order chi connectivity index (χ1) is 9.01. The third-order valence-electron chi connectivity index (χ3n) is 2.59. The molecule has 0 amide bonds. The van der Waals surface area contributed by atoms with Crippen LogP contribution in [0.2, 0.25) is 5.02 Å². The van der Waals surface area contributed by atoms with Crippen LogP contribution in [0.1, 0.15) is 5.56 Å². The van der Waals surface area contributed by atoms with E-state index in [1.54, 1.807) is 42.1 Å². The fourth-order valence-electron chi connectivity index (χ4n) is 1.74. The lowest BCUT2D eigenvalue weighted by Crippen LogP contribution is -2.21. The van der Waals surface area contributed by atoms with Crippen LogP contribution in [0.3, 0.4) is 0 Å². The summed E-state index contributed by atoms with van der Waals surface area (Å²) in [5.41, 5.74) is 0.743. The molecule has 0 bridgehead atoms. The van der Waals surface area contributed by atoms with Gasteiger partial charge in [-0.2, -0.15) is 0 Å². The fraction of sp³-hybridized carbons (Fsp3) is 0.154. The molecule has 6 heteroatoms. The molecule has 2 aromatic rings. The van der Waals surface area contributed by atoms with Crippen LogP contribution in [0, 0.1) is 0 Å². The second kappa shape index (κ2) is 6.11. The van der Waals surface area contributed by atoms with Crippen molar-refractivity contribution in [2.45, 2.75) is 6.54 Å². The number of halogens is 3. The molecule has 1 aromatic heterocycles. The van der Waals surface area contributed by atoms with Gasteiger partial charge in [0.2, 0.25) is 0 Å². The molecule has 2 rings (SSSR count). The zero-order valence-corrected chi connectivity index (χ0v) is 13.9. The highest BCUT2D eigenvalue weighted by atomic mass is 79.9. The maximum atomic E-state index is 12.0. The lowest BCUT2D eigenvalue weighted by Gasteiger charge is -2.11. The van der Waals surface area contributed by atoms with Gasteiger partial charge in [0.25, 0.3) is 5.56 Å². The molecule has 0 fully saturated rings. The van der Waals surface area contributed by atoms with Crippen molar-refractivity contribution < 1.29 is 4.74 Å². The predicted molar refractivity (Wildman–Crippen MR) is 83.2 cm³/mol. The number of benzene rings is 1. The van der Waals surface area contributed by atoms with E-state index in [4.69, 9.17) is 16.3 Å². The largest absolute Gasteiger partial charge is 0.496 e. The van der Waals surface area contributed by atoms with Crippen LogP contribution < -0.4 is 10.3 Å². The second-order valence-electron chi connectivity index (χ2n) is 3.90. The quantitative estimate of drug-likeness (QED) is 0.768. The van der Waals surface area contributed by atoms with E-state index >= 15 is 0 Å². The van der Waals surface area contributed by atoms with Crippen molar-refractivity contribution in [3.8, 4) is 5.75 Å². The molecule has 1 aromatic carbocycles. The molecule has 0 atom stereocenters. The molecule has 100 valence electrons. The Bertz CT molecular complexity index is 670. The van der Waals surface area contributed by atoms with Gasteiger partial charge in [0.05, 0.1) is 18.1 Å². The Labute approximate surface area is 132 Å². The van der Waals surface area contributed by atoms with Crippen LogP contribution in [-0.2, 0) is 6.54 Å². The average Bonchev–Trinajstić information content (AvgIpc) is 2.35. The summed E-state index contributed by atoms with van der Waals surface area (Å²) in [4.78, 5) is 12.0. The second-order valence-corrected chi connectivity index (χ2v) is 6.10. The van der Waals surface area contributed by atoms with Crippen molar-refractivity contribution in [1.29, 1.82) is 0 Å². The monoisotopic (exact) mass is 405 g/mol. The van der Waals surface area contributed by atoms with Crippen LogP contribution in [0.15, 0.2) is 44.2 Å². The first-order valence-electron chi connectivity index (χ1n) is 5.39. The van der Waals surface area contributed by atoms with E-state index < -0.39 is 0 Å². The number of ether oxygens (including phenoxy) is 1. The van der Waals surface area contributed by atoms with Crippen LogP contribution in [-0.4, -0.2) is 11.7 Å². The lowest BCUT2D eigenvalue weighted by atomic mass is 10.2. The molecule has 0 radical (unpaired) electrons. The molecule has 0 aliphatic rings. The van der Waals surface area contributed by atoms with Crippen molar-refractivity contribution in [3.05, 3.63) is 60.3 Å². The van der Waals surface area contributed by atoms with E-state index in [9.17, 15) is 4.79 Å². The maximum Gasteiger partial charge on any atom is 0.265 e. The van der Waals surface area contributed by atoms with E-state index in [2.05, 4.69) is 31.9 Å². The summed E-state index contributed by atoms with van der Waals surface area (Å²) in [5, 5.41) is 0.609. The molecule has 0 saturated carbocycles. The van der Waals surface area contributed by atoms with Gasteiger partial charge in [-0.15, -0.1) is 0 Å². The third kappa shape index (κ3) is 3.41. The Morgan fingerprint density at radius 2 is 2.05 bits per heavy atom. The zero-order valence-electron chi connectivity index (χ0n) is 9.99. The third-order valence-corrected chi connectivity index (χ3v) is 3.83. The highest BCUT2D eigenvalue weighted by Crippen LogP contribution is 2.23. The number of hydrogen-bond donors (Lipinski definition) is 0. The summed E-state index contributed by atoms with van der Waals surface area (Å²) in [6, 6.07) is 7.05. The molecule has 1 heterocycles. The van der Waals surface area contributed by atoms with Gasteiger partial charge < -0.3 is 9.30 Å². The molecular formula is C13H10Br2ClNO2. The van der Waals surface area contributed by atoms with Crippen LogP contribution in [0.5, 0.6) is 5.75 Å². The molecule has 0 aliphatic carbocycles. The van der Waals surface area contributed by atoms with Gasteiger partial charge >= 0.3 is 0 Å². The van der Waals surface area contributed by atoms with Gasteiger partial charge in [0.15, 0.2) is 0 Å². The number of pyridine rings is 1. The summed E-state index contributed by atoms with van der Waals surface area (Å²) < 4.78 is 8.18. The molecule has 0 N–H and O–H groups in total. The minimum atomic E-state index is -0.106. The summed E-state index contributed by atoms with van der Waals surface area (Å²) in [6.07, 6.45) is 1.73. The van der Waals surface area contributed by atoms with Crippen molar-refractivity contribution in [2.24, 2.45) is 0 Å². The van der Waals surface area contributed by atoms with Gasteiger partial charge in [0.1, 0.15) is 5.75 Å². The topological polar surface area (TPSA) is 31.2 Å². The molecule has 0 unspecified atom stereocenters. The van der Waals surface area contributed by atoms with E-state index in [0.29, 0.717) is 21.8 Å². The SMILES string of the molecule is COc1ccc(Cl)cc1Cn1cc(Br)cc(Br)c1=O. The standard InChI is InChI=1S/C13H10Br2ClNO2/c1-19-12-3-2-10(16)4-8(12)6-17-7-9(14)5-11(15)13(17)18/h2-5,7H,6H2,1H3. The minimum Gasteiger partial charge on any atom is -0.496 e. The normalized spacial score (nSPS) is 10.5. The van der Waals surface area contributed by atoms with E-state index in [-0.39, 0.29) is 5.56 Å². The number of nitrogens with zero attached hydrogens (tertiary/aromatic N) is 1. The van der Waals surface area contributed by atoms with Gasteiger partial charge in [0, 0.05) is 21.3 Å². The maximum absolute atomic E-state index is 12.0. The first-order valence-corrected chi connectivity index (χ1v) is 7.35. The smallest absolute Gasteiger partial charge is 0.265 e. The molecule has 0 aliphatic heterocycles. The molecule has 0 spiro atoms. The highest BCUT2D eigenvalue weighted by Gasteiger charge is 2.08. The van der Waals surface area contributed by atoms with E-state index in [1.807, 2.05) is 0 Å². The first kappa shape index (κ1) is 14.6. The Hall–Kier alpha value is -0.780. The average molecular weight is 407 g/mol. The number of hydrogen-bond acceptors (Lipinski definition) is 2. The highest BCUT2D eigenvalue weighted by molar-refractivity contribution is 9.11. The Kier molecular flexibility index (Phi) is 4.71. The van der Waals surface area contributed by atoms with Crippen LogP contribution in [0.25, 0.3) is 0 Å². The van der Waals surface area contributed by atoms with E-state index in [0.717, 1.165) is 10.0 Å². The summed E-state index contributed by atoms with van der Waals surface area (Å²) in [6.45, 7) is 0.389. The minimum absolute atomic E-state index is 0.106. The van der Waals surface area contributed by atoms with Crippen LogP contribution in [0.4, 0.5) is 0 Å². The van der Waals surface area contributed by atoms with Crippen molar-refractivity contribution in [1.82, 2.24) is 4.57 Å². The molecule has 3 nitrogen and oxygen atoms in total. The fourth-order valence-corrected chi connectivity index (χ4v) is 3.19. The summed E-state index contributed by atoms with van der Waals surface area (Å²) >= 11 is 12.6. The lowest BCUT2D eigenvalue weighted by molar-refractivity contribution is 0.408. The Morgan fingerprint density at radius 1 is 1.32 bits per heavy atom. The molecule has 19 heavy (non-hydrogen) atoms. The van der Waals surface area contributed by atoms with Gasteiger partial charge in [-0.3, -0.25) is 4.79 Å². The molecular weight excluding hydrogens is 397 g/mol. The van der Waals surface area contributed by atoms with Crippen molar-refractivity contribution in [3.63, 3.8) is 0 Å². The van der Waals surface area contributed by atoms with Gasteiger partial charge in [-0.05, 0) is 56.1 Å². The van der Waals surface area contributed by atoms with Gasteiger partial charge in [-0.1, -0.05) is 11.6 Å². The predicted octanol–water partition coefficient (Wildman–Crippen LogP) is 4.08. The number of rotatable bonds is 3. The summed E-state index contributed by atoms with van der Waals surface area (Å²) in [5.74, 6) is 0.701. The summed E-state index contributed by atoms with van der Waals surface area (Å²) in [7, 11) is 1.59. The number of aromatic nitrogens is 1. The molecule has 0 saturated heterocycles. The van der Waals surface area contributed by atoms with Crippen molar-refractivity contribution in [2.75, 3.05) is 7.11 Å². The number of methoxy groups -OCH3 is 1. The van der Waals surface area contributed by atoms with Crippen LogP contribution >= 0.6 is 43.5 Å². The van der Waals surface area contributed by atoms with E-state index in [1.165, 1.54) is 0 Å².